The highest BCUT2D eigenvalue weighted by molar-refractivity contribution is 8.01. The van der Waals surface area contributed by atoms with Gasteiger partial charge in [-0.3, -0.25) is 9.29 Å². The first kappa shape index (κ1) is 27.3. The Hall–Kier alpha value is -2.79. The van der Waals surface area contributed by atoms with Gasteiger partial charge in [0, 0.05) is 17.0 Å². The van der Waals surface area contributed by atoms with E-state index in [1.54, 1.807) is 13.8 Å². The zero-order chi connectivity index (χ0) is 27.2. The third-order valence-electron chi connectivity index (χ3n) is 5.43. The minimum atomic E-state index is -5.61. The summed E-state index contributed by atoms with van der Waals surface area (Å²) in [6.07, 6.45) is -7.30. The molecule has 2 aliphatic rings. The zero-order valence-electron chi connectivity index (χ0n) is 19.1. The fourth-order valence-corrected chi connectivity index (χ4v) is 7.10. The van der Waals surface area contributed by atoms with Crippen LogP contribution in [0.15, 0.2) is 36.7 Å². The molecule has 1 aromatic heterocycles. The predicted molar refractivity (Wildman–Crippen MR) is 127 cm³/mol. The molecule has 0 unspecified atom stereocenters. The van der Waals surface area contributed by atoms with Gasteiger partial charge in [0.2, 0.25) is 0 Å². The summed E-state index contributed by atoms with van der Waals surface area (Å²) in [4.78, 5) is 17.0. The Balaban J connectivity index is 1.61. The van der Waals surface area contributed by atoms with Crippen LogP contribution < -0.4 is 10.4 Å². The van der Waals surface area contributed by atoms with Crippen LogP contribution in [0.1, 0.15) is 29.8 Å². The maximum absolute atomic E-state index is 13.2. The molecule has 3 heterocycles. The van der Waals surface area contributed by atoms with Gasteiger partial charge >= 0.3 is 17.8 Å². The lowest BCUT2D eigenvalue weighted by Gasteiger charge is -2.19. The summed E-state index contributed by atoms with van der Waals surface area (Å²) in [6, 6.07) is 4.21. The Bertz CT molecular complexity index is 1580. The van der Waals surface area contributed by atoms with Crippen LogP contribution in [0.3, 0.4) is 0 Å². The van der Waals surface area contributed by atoms with Gasteiger partial charge in [-0.25, -0.2) is 17.8 Å². The molecule has 2 aliphatic heterocycles. The fourth-order valence-electron chi connectivity index (χ4n) is 3.42. The number of sulfonamides is 1. The van der Waals surface area contributed by atoms with Crippen molar-refractivity contribution in [2.75, 3.05) is 10.5 Å². The highest BCUT2D eigenvalue weighted by Crippen LogP contribution is 2.41. The first-order chi connectivity index (χ1) is 17.2. The van der Waals surface area contributed by atoms with Gasteiger partial charge in [0.15, 0.2) is 11.3 Å². The number of halogens is 5. The molecule has 1 N–H and O–H groups in total. The first-order valence-electron chi connectivity index (χ1n) is 10.6. The fraction of sp³-hybridized carbons (Fsp3) is 0.400. The van der Waals surface area contributed by atoms with Crippen LogP contribution in [0.25, 0.3) is 16.7 Å². The molecule has 0 amide bonds. The van der Waals surface area contributed by atoms with Crippen LogP contribution in [0.5, 0.6) is 0 Å². The Kier molecular flexibility index (Phi) is 7.24. The third kappa shape index (κ3) is 5.29. The second kappa shape index (κ2) is 9.83. The summed E-state index contributed by atoms with van der Waals surface area (Å²) in [5.41, 5.74) is 0.0934. The molecule has 37 heavy (non-hydrogen) atoms. The van der Waals surface area contributed by atoms with Crippen LogP contribution >= 0.6 is 23.1 Å². The molecular weight excluding hydrogens is 565 g/mol. The standard InChI is InChI=1S/C20H18F5N5O4S3/c1-10-11(2)36-17(35-9-4-3-8-19(21,22)20(23,24)25)15-16(26-18(31)30(10)15)29-37(32,33)13-7-5-6-12-14(13)28-34-27-12/h5-7H,3-4,8-9H2,1-2H3,(H,26,29,31). The average molecular weight is 584 g/mol. The van der Waals surface area contributed by atoms with E-state index in [4.69, 9.17) is 0 Å². The second-order valence-corrected chi connectivity index (χ2v) is 12.2. The molecule has 2 aromatic rings. The van der Waals surface area contributed by atoms with Crippen molar-refractivity contribution in [3.05, 3.63) is 39.3 Å². The van der Waals surface area contributed by atoms with E-state index in [1.165, 1.54) is 34.1 Å². The van der Waals surface area contributed by atoms with Crippen molar-refractivity contribution in [2.45, 2.75) is 54.3 Å². The molecule has 0 saturated carbocycles. The molecule has 17 heteroatoms. The number of aromatic nitrogens is 4. The van der Waals surface area contributed by atoms with Crippen LogP contribution in [-0.2, 0) is 10.0 Å². The van der Waals surface area contributed by atoms with Crippen molar-refractivity contribution in [3.63, 3.8) is 0 Å². The molecule has 0 bridgehead atoms. The first-order valence-corrected chi connectivity index (χ1v) is 13.9. The number of imidazole rings is 1. The largest absolute Gasteiger partial charge is 0.453 e. The maximum Gasteiger partial charge on any atom is 0.453 e. The van der Waals surface area contributed by atoms with Gasteiger partial charge in [0.25, 0.3) is 10.0 Å². The summed E-state index contributed by atoms with van der Waals surface area (Å²) >= 11 is 2.32. The minimum Gasteiger partial charge on any atom is -0.261 e. The van der Waals surface area contributed by atoms with Crippen molar-refractivity contribution in [1.29, 1.82) is 0 Å². The number of alkyl halides is 5. The zero-order valence-corrected chi connectivity index (χ0v) is 21.5. The van der Waals surface area contributed by atoms with Gasteiger partial charge in [0.1, 0.15) is 16.1 Å². The topological polar surface area (TPSA) is 120 Å². The smallest absolute Gasteiger partial charge is 0.261 e. The lowest BCUT2D eigenvalue weighted by Crippen LogP contribution is -2.36. The SMILES string of the molecule is Cc1sc(SCCCCC(F)(F)C(F)(F)F)c2c(NS(=O)(=O)c3cccc4nonc34)nc(=O)n-2c1C. The quantitative estimate of drug-likeness (QED) is 0.163. The van der Waals surface area contributed by atoms with Crippen molar-refractivity contribution < 1.29 is 35.0 Å². The molecule has 200 valence electrons. The monoisotopic (exact) mass is 583 g/mol. The van der Waals surface area contributed by atoms with Crippen molar-refractivity contribution in [1.82, 2.24) is 19.9 Å². The molecule has 0 atom stereocenters. The lowest BCUT2D eigenvalue weighted by molar-refractivity contribution is -0.284. The molecule has 0 radical (unpaired) electrons. The summed E-state index contributed by atoms with van der Waals surface area (Å²) in [6.45, 7) is 3.38. The molecule has 0 saturated heterocycles. The van der Waals surface area contributed by atoms with Crippen LogP contribution in [0.4, 0.5) is 27.8 Å². The lowest BCUT2D eigenvalue weighted by atomic mass is 10.1. The van der Waals surface area contributed by atoms with E-state index in [1.807, 2.05) is 0 Å². The second-order valence-electron chi connectivity index (χ2n) is 7.96. The van der Waals surface area contributed by atoms with Crippen LogP contribution in [0, 0.1) is 13.8 Å². The summed E-state index contributed by atoms with van der Waals surface area (Å²) in [5.74, 6) is -4.88. The molecular formula is C20H18F5N5O4S3. The van der Waals surface area contributed by atoms with E-state index < -0.39 is 34.2 Å². The van der Waals surface area contributed by atoms with Crippen LogP contribution in [0.2, 0.25) is 0 Å². The minimum absolute atomic E-state index is 0.0269. The number of nitrogens with one attached hydrogen (secondary N) is 1. The molecule has 0 spiro atoms. The van der Waals surface area contributed by atoms with Gasteiger partial charge < -0.3 is 0 Å². The Morgan fingerprint density at radius 2 is 1.86 bits per heavy atom. The summed E-state index contributed by atoms with van der Waals surface area (Å²) in [7, 11) is -4.31. The van der Waals surface area contributed by atoms with Crippen molar-refractivity contribution in [2.24, 2.45) is 0 Å². The molecule has 1 aromatic carbocycles. The number of hydrogen-bond acceptors (Lipinski definition) is 9. The van der Waals surface area contributed by atoms with Gasteiger partial charge in [-0.1, -0.05) is 6.07 Å². The summed E-state index contributed by atoms with van der Waals surface area (Å²) in [5, 5.41) is 7.22. The Labute approximate surface area is 214 Å². The summed E-state index contributed by atoms with van der Waals surface area (Å²) < 4.78 is 98.4. The Morgan fingerprint density at radius 1 is 1.14 bits per heavy atom. The van der Waals surface area contributed by atoms with Gasteiger partial charge in [-0.2, -0.15) is 26.9 Å². The average Bonchev–Trinajstić information content (AvgIpc) is 3.39. The van der Waals surface area contributed by atoms with Gasteiger partial charge in [-0.15, -0.1) is 23.1 Å². The number of unbranched alkanes of at least 4 members (excludes halogenated alkanes) is 1. The Morgan fingerprint density at radius 3 is 2.57 bits per heavy atom. The van der Waals surface area contributed by atoms with E-state index in [-0.39, 0.29) is 46.0 Å². The normalized spacial score (nSPS) is 13.1. The van der Waals surface area contributed by atoms with E-state index in [0.29, 0.717) is 14.8 Å². The number of benzene rings is 1. The highest BCUT2D eigenvalue weighted by Gasteiger charge is 2.56. The number of aryl methyl sites for hydroxylation is 1. The number of hydrogen-bond donors (Lipinski definition) is 1. The predicted octanol–water partition coefficient (Wildman–Crippen LogP) is 5.15. The van der Waals surface area contributed by atoms with Crippen molar-refractivity contribution >= 4 is 50.0 Å². The van der Waals surface area contributed by atoms with Crippen molar-refractivity contribution in [3.8, 4) is 5.69 Å². The third-order valence-corrected chi connectivity index (χ3v) is 9.34. The van der Waals surface area contributed by atoms with E-state index in [2.05, 4.69) is 24.6 Å². The highest BCUT2D eigenvalue weighted by atomic mass is 32.2. The van der Waals surface area contributed by atoms with Gasteiger partial charge in [-0.05, 0) is 54.9 Å². The van der Waals surface area contributed by atoms with E-state index >= 15 is 0 Å². The molecule has 4 rings (SSSR count). The number of thioether (sulfide) groups is 1. The maximum atomic E-state index is 13.2. The molecule has 0 aliphatic carbocycles. The van der Waals surface area contributed by atoms with E-state index in [9.17, 15) is 35.2 Å². The molecule has 9 nitrogen and oxygen atoms in total. The number of nitrogens with zero attached hydrogens (tertiary/aromatic N) is 4. The number of rotatable bonds is 9. The van der Waals surface area contributed by atoms with Crippen LogP contribution in [-0.4, -0.2) is 46.1 Å². The molecule has 0 fully saturated rings. The van der Waals surface area contributed by atoms with E-state index in [0.717, 1.165) is 11.8 Å². The number of fused-ring (bicyclic) bond motifs is 2. The van der Waals surface area contributed by atoms with Gasteiger partial charge in [0.05, 0.1) is 4.21 Å². The number of anilines is 1.